The van der Waals surface area contributed by atoms with Crippen molar-refractivity contribution in [3.05, 3.63) is 71.7 Å². The number of halogens is 1. The topological polar surface area (TPSA) is 55.6 Å². The fraction of sp³-hybridized carbons (Fsp3) is 0.238. The summed E-state index contributed by atoms with van der Waals surface area (Å²) in [5.41, 5.74) is 1.77. The molecule has 0 N–H and O–H groups in total. The molecule has 1 aliphatic heterocycles. The van der Waals surface area contributed by atoms with Crippen LogP contribution < -0.4 is 4.74 Å². The minimum absolute atomic E-state index is 0.153. The Hall–Kier alpha value is -3.15. The lowest BCUT2D eigenvalue weighted by Gasteiger charge is -2.24. The second kappa shape index (κ2) is 7.23. The van der Waals surface area contributed by atoms with Crippen molar-refractivity contribution in [2.75, 3.05) is 13.7 Å². The van der Waals surface area contributed by atoms with Gasteiger partial charge in [-0.15, -0.1) is 0 Å². The van der Waals surface area contributed by atoms with E-state index in [4.69, 9.17) is 9.26 Å². The number of amides is 1. The molecule has 3 aromatic rings. The van der Waals surface area contributed by atoms with E-state index in [0.29, 0.717) is 18.1 Å². The zero-order valence-corrected chi connectivity index (χ0v) is 14.9. The summed E-state index contributed by atoms with van der Waals surface area (Å²) >= 11 is 0. The molecule has 0 saturated carbocycles. The summed E-state index contributed by atoms with van der Waals surface area (Å²) in [5, 5.41) is 3.96. The average molecular weight is 366 g/mol. The first-order valence-electron chi connectivity index (χ1n) is 8.84. The van der Waals surface area contributed by atoms with E-state index < -0.39 is 0 Å². The monoisotopic (exact) mass is 366 g/mol. The highest BCUT2D eigenvalue weighted by Gasteiger charge is 2.32. The van der Waals surface area contributed by atoms with Crippen molar-refractivity contribution in [1.82, 2.24) is 10.1 Å². The number of likely N-dealkylation sites (tertiary alicyclic amines) is 1. The number of aromatic nitrogens is 1. The molecule has 2 heterocycles. The third-order valence-corrected chi connectivity index (χ3v) is 4.85. The molecule has 1 aliphatic rings. The number of benzene rings is 2. The lowest BCUT2D eigenvalue weighted by molar-refractivity contribution is 0.0725. The van der Waals surface area contributed by atoms with Crippen LogP contribution in [0.4, 0.5) is 4.39 Å². The van der Waals surface area contributed by atoms with Gasteiger partial charge in [0.25, 0.3) is 5.91 Å². The van der Waals surface area contributed by atoms with Crippen LogP contribution in [0.2, 0.25) is 0 Å². The van der Waals surface area contributed by atoms with Gasteiger partial charge in [-0.2, -0.15) is 0 Å². The smallest absolute Gasteiger partial charge is 0.276 e. The number of hydrogen-bond acceptors (Lipinski definition) is 4. The van der Waals surface area contributed by atoms with Gasteiger partial charge in [0.15, 0.2) is 11.5 Å². The molecule has 0 unspecified atom stereocenters. The number of methoxy groups -OCH3 is 1. The Labute approximate surface area is 156 Å². The van der Waals surface area contributed by atoms with Crippen molar-refractivity contribution in [3.63, 3.8) is 0 Å². The molecule has 4 rings (SSSR count). The molecule has 6 heteroatoms. The molecule has 138 valence electrons. The van der Waals surface area contributed by atoms with Crippen molar-refractivity contribution < 1.29 is 18.4 Å². The van der Waals surface area contributed by atoms with Crippen LogP contribution in [0.3, 0.4) is 0 Å². The Morgan fingerprint density at radius 2 is 2.07 bits per heavy atom. The Morgan fingerprint density at radius 3 is 2.89 bits per heavy atom. The number of rotatable bonds is 4. The van der Waals surface area contributed by atoms with Crippen molar-refractivity contribution in [2.24, 2.45) is 0 Å². The molecule has 2 aromatic carbocycles. The summed E-state index contributed by atoms with van der Waals surface area (Å²) in [6.07, 6.45) is 1.66. The Kier molecular flexibility index (Phi) is 4.62. The maximum atomic E-state index is 13.6. The SMILES string of the molecule is COc1ccccc1-c1cc(C(=O)N2CCC[C@H]2c2cccc(F)c2)no1. The first-order chi connectivity index (χ1) is 13.2. The zero-order valence-electron chi connectivity index (χ0n) is 14.9. The van der Waals surface area contributed by atoms with Crippen molar-refractivity contribution in [1.29, 1.82) is 0 Å². The van der Waals surface area contributed by atoms with Gasteiger partial charge < -0.3 is 14.2 Å². The van der Waals surface area contributed by atoms with Crippen LogP contribution in [-0.2, 0) is 0 Å². The number of ether oxygens (including phenoxy) is 1. The Balaban J connectivity index is 1.60. The van der Waals surface area contributed by atoms with E-state index in [1.165, 1.54) is 12.1 Å². The fourth-order valence-electron chi connectivity index (χ4n) is 3.57. The number of para-hydroxylation sites is 1. The molecule has 0 aliphatic carbocycles. The molecular formula is C21H19FN2O3. The minimum Gasteiger partial charge on any atom is -0.496 e. The van der Waals surface area contributed by atoms with Crippen LogP contribution in [0.5, 0.6) is 5.75 Å². The van der Waals surface area contributed by atoms with Crippen LogP contribution in [0.25, 0.3) is 11.3 Å². The highest BCUT2D eigenvalue weighted by atomic mass is 19.1. The molecular weight excluding hydrogens is 347 g/mol. The van der Waals surface area contributed by atoms with E-state index in [0.717, 1.165) is 24.0 Å². The van der Waals surface area contributed by atoms with Gasteiger partial charge in [0, 0.05) is 12.6 Å². The van der Waals surface area contributed by atoms with E-state index >= 15 is 0 Å². The summed E-state index contributed by atoms with van der Waals surface area (Å²) in [5.74, 6) is 0.599. The van der Waals surface area contributed by atoms with Gasteiger partial charge in [-0.3, -0.25) is 4.79 Å². The lowest BCUT2D eigenvalue weighted by Crippen LogP contribution is -2.30. The number of nitrogens with zero attached hydrogens (tertiary/aromatic N) is 2. The molecule has 1 saturated heterocycles. The zero-order chi connectivity index (χ0) is 18.8. The van der Waals surface area contributed by atoms with Crippen LogP contribution in [0.1, 0.15) is 34.9 Å². The molecule has 1 fully saturated rings. The molecule has 0 bridgehead atoms. The first-order valence-corrected chi connectivity index (χ1v) is 8.84. The van der Waals surface area contributed by atoms with Crippen LogP contribution >= 0.6 is 0 Å². The molecule has 27 heavy (non-hydrogen) atoms. The highest BCUT2D eigenvalue weighted by Crippen LogP contribution is 2.35. The standard InChI is InChI=1S/C21H19FN2O3/c1-26-19-10-3-2-8-16(19)20-13-17(23-27-20)21(25)24-11-5-9-18(24)14-6-4-7-15(22)12-14/h2-4,6-8,10,12-13,18H,5,9,11H2,1H3/t18-/m0/s1. The maximum absolute atomic E-state index is 13.6. The van der Waals surface area contributed by atoms with E-state index in [1.54, 1.807) is 24.1 Å². The highest BCUT2D eigenvalue weighted by molar-refractivity contribution is 5.93. The van der Waals surface area contributed by atoms with Crippen LogP contribution in [0.15, 0.2) is 59.1 Å². The van der Waals surface area contributed by atoms with E-state index in [1.807, 2.05) is 30.3 Å². The molecule has 1 amide bonds. The van der Waals surface area contributed by atoms with Gasteiger partial charge in [0.1, 0.15) is 11.6 Å². The first kappa shape index (κ1) is 17.3. The molecule has 5 nitrogen and oxygen atoms in total. The molecule has 0 spiro atoms. The number of carbonyl (C=O) groups excluding carboxylic acids is 1. The largest absolute Gasteiger partial charge is 0.496 e. The van der Waals surface area contributed by atoms with E-state index in [2.05, 4.69) is 5.16 Å². The third-order valence-electron chi connectivity index (χ3n) is 4.85. The van der Waals surface area contributed by atoms with E-state index in [-0.39, 0.29) is 23.5 Å². The van der Waals surface area contributed by atoms with E-state index in [9.17, 15) is 9.18 Å². The third kappa shape index (κ3) is 3.30. The van der Waals surface area contributed by atoms with Crippen LogP contribution in [0, 0.1) is 5.82 Å². The number of hydrogen-bond donors (Lipinski definition) is 0. The summed E-state index contributed by atoms with van der Waals surface area (Å²) in [4.78, 5) is 14.7. The Morgan fingerprint density at radius 1 is 1.22 bits per heavy atom. The second-order valence-corrected chi connectivity index (χ2v) is 6.49. The molecule has 0 radical (unpaired) electrons. The Bertz CT molecular complexity index is 969. The number of carbonyl (C=O) groups is 1. The lowest BCUT2D eigenvalue weighted by atomic mass is 10.0. The second-order valence-electron chi connectivity index (χ2n) is 6.49. The van der Waals surface area contributed by atoms with Gasteiger partial charge in [-0.05, 0) is 42.7 Å². The quantitative estimate of drug-likeness (QED) is 0.684. The molecule has 1 atom stereocenters. The van der Waals surface area contributed by atoms with Gasteiger partial charge in [-0.1, -0.05) is 29.4 Å². The normalized spacial score (nSPS) is 16.5. The van der Waals surface area contributed by atoms with Gasteiger partial charge >= 0.3 is 0 Å². The van der Waals surface area contributed by atoms with Gasteiger partial charge in [-0.25, -0.2) is 4.39 Å². The van der Waals surface area contributed by atoms with Gasteiger partial charge in [0.05, 0.1) is 18.7 Å². The predicted molar refractivity (Wildman–Crippen MR) is 97.9 cm³/mol. The predicted octanol–water partition coefficient (Wildman–Crippen LogP) is 4.47. The van der Waals surface area contributed by atoms with Crippen molar-refractivity contribution >= 4 is 5.91 Å². The summed E-state index contributed by atoms with van der Waals surface area (Å²) in [6.45, 7) is 0.608. The summed E-state index contributed by atoms with van der Waals surface area (Å²) in [6, 6.07) is 15.3. The van der Waals surface area contributed by atoms with Crippen molar-refractivity contribution in [3.8, 4) is 17.1 Å². The average Bonchev–Trinajstić information content (AvgIpc) is 3.37. The fourth-order valence-corrected chi connectivity index (χ4v) is 3.57. The minimum atomic E-state index is -0.299. The van der Waals surface area contributed by atoms with Crippen molar-refractivity contribution in [2.45, 2.75) is 18.9 Å². The summed E-state index contributed by atoms with van der Waals surface area (Å²) < 4.78 is 24.3. The van der Waals surface area contributed by atoms with Gasteiger partial charge in [0.2, 0.25) is 0 Å². The summed E-state index contributed by atoms with van der Waals surface area (Å²) in [7, 11) is 1.58. The van der Waals surface area contributed by atoms with Crippen LogP contribution in [-0.4, -0.2) is 29.6 Å². The molecule has 1 aromatic heterocycles. The maximum Gasteiger partial charge on any atom is 0.276 e.